The van der Waals surface area contributed by atoms with Gasteiger partial charge in [-0.3, -0.25) is 9.69 Å². The van der Waals surface area contributed by atoms with E-state index in [1.807, 2.05) is 54.6 Å². The summed E-state index contributed by atoms with van der Waals surface area (Å²) in [5, 5.41) is 12.2. The van der Waals surface area contributed by atoms with Gasteiger partial charge in [-0.25, -0.2) is 0 Å². The molecule has 2 atom stereocenters. The lowest BCUT2D eigenvalue weighted by atomic mass is 9.94. The molecule has 4 aromatic carbocycles. The lowest BCUT2D eigenvalue weighted by Gasteiger charge is -2.32. The largest absolute Gasteiger partial charge is 0.489 e. The number of likely N-dealkylation sites (tertiary alicyclic amines) is 1. The average Bonchev–Trinajstić information content (AvgIpc) is 3.34. The SMILES string of the molecule is O=C(O)C1CCCN1C(c1ccc(OCc2ccccc2)cc1)c1ccc2ccccc2c1. The monoisotopic (exact) mass is 437 g/mol. The molecule has 4 heteroatoms. The fraction of sp³-hybridized carbons (Fsp3) is 0.207. The number of hydrogen-bond donors (Lipinski definition) is 1. The highest BCUT2D eigenvalue weighted by Gasteiger charge is 2.36. The van der Waals surface area contributed by atoms with Gasteiger partial charge in [0.1, 0.15) is 18.4 Å². The first-order chi connectivity index (χ1) is 16.2. The Morgan fingerprint density at radius 1 is 0.879 bits per heavy atom. The zero-order valence-corrected chi connectivity index (χ0v) is 18.4. The van der Waals surface area contributed by atoms with Gasteiger partial charge in [0.2, 0.25) is 0 Å². The number of aliphatic carboxylic acids is 1. The first kappa shape index (κ1) is 21.2. The molecule has 4 aromatic rings. The summed E-state index contributed by atoms with van der Waals surface area (Å²) >= 11 is 0. The Morgan fingerprint density at radius 2 is 1.58 bits per heavy atom. The summed E-state index contributed by atoms with van der Waals surface area (Å²) in [7, 11) is 0. The van der Waals surface area contributed by atoms with Crippen molar-refractivity contribution in [1.29, 1.82) is 0 Å². The first-order valence-electron chi connectivity index (χ1n) is 11.4. The van der Waals surface area contributed by atoms with Crippen molar-refractivity contribution in [3.63, 3.8) is 0 Å². The minimum Gasteiger partial charge on any atom is -0.489 e. The van der Waals surface area contributed by atoms with E-state index < -0.39 is 12.0 Å². The van der Waals surface area contributed by atoms with Gasteiger partial charge in [-0.2, -0.15) is 0 Å². The molecule has 1 heterocycles. The maximum absolute atomic E-state index is 12.0. The number of fused-ring (bicyclic) bond motifs is 1. The fourth-order valence-electron chi connectivity index (χ4n) is 4.80. The van der Waals surface area contributed by atoms with Gasteiger partial charge in [-0.1, -0.05) is 78.9 Å². The van der Waals surface area contributed by atoms with Gasteiger partial charge in [-0.15, -0.1) is 0 Å². The second-order valence-corrected chi connectivity index (χ2v) is 8.59. The number of carboxylic acid groups (broad SMARTS) is 1. The van der Waals surface area contributed by atoms with Crippen molar-refractivity contribution < 1.29 is 14.6 Å². The number of ether oxygens (including phenoxy) is 1. The van der Waals surface area contributed by atoms with E-state index in [4.69, 9.17) is 4.74 Å². The van der Waals surface area contributed by atoms with Crippen molar-refractivity contribution in [2.24, 2.45) is 0 Å². The van der Waals surface area contributed by atoms with E-state index in [0.29, 0.717) is 13.0 Å². The van der Waals surface area contributed by atoms with Crippen LogP contribution in [0.25, 0.3) is 10.8 Å². The third-order valence-corrected chi connectivity index (χ3v) is 6.44. The van der Waals surface area contributed by atoms with Crippen LogP contribution >= 0.6 is 0 Å². The van der Waals surface area contributed by atoms with E-state index in [9.17, 15) is 9.90 Å². The minimum absolute atomic E-state index is 0.124. The Labute approximate surface area is 194 Å². The molecule has 0 amide bonds. The highest BCUT2D eigenvalue weighted by atomic mass is 16.5. The van der Waals surface area contributed by atoms with E-state index in [-0.39, 0.29) is 6.04 Å². The molecule has 1 aliphatic heterocycles. The molecule has 0 aliphatic carbocycles. The Bertz CT molecular complexity index is 1240. The van der Waals surface area contributed by atoms with Crippen molar-refractivity contribution in [2.45, 2.75) is 31.5 Å². The third kappa shape index (κ3) is 4.62. The summed E-state index contributed by atoms with van der Waals surface area (Å²) < 4.78 is 5.97. The van der Waals surface area contributed by atoms with Gasteiger partial charge in [0.15, 0.2) is 0 Å². The second kappa shape index (κ2) is 9.47. The van der Waals surface area contributed by atoms with E-state index in [0.717, 1.165) is 40.8 Å². The molecule has 0 saturated carbocycles. The van der Waals surface area contributed by atoms with Gasteiger partial charge in [0.25, 0.3) is 0 Å². The molecule has 1 fully saturated rings. The van der Waals surface area contributed by atoms with Crippen LogP contribution in [0.3, 0.4) is 0 Å². The molecule has 1 aliphatic rings. The van der Waals surface area contributed by atoms with Crippen LogP contribution in [-0.4, -0.2) is 28.6 Å². The normalized spacial score (nSPS) is 17.2. The summed E-state index contributed by atoms with van der Waals surface area (Å²) in [6.07, 6.45) is 1.57. The molecular formula is C29H27NO3. The molecule has 2 unspecified atom stereocenters. The molecule has 0 bridgehead atoms. The van der Waals surface area contributed by atoms with E-state index >= 15 is 0 Å². The lowest BCUT2D eigenvalue weighted by molar-refractivity contribution is -0.142. The van der Waals surface area contributed by atoms with Crippen LogP contribution in [0.2, 0.25) is 0 Å². The first-order valence-corrected chi connectivity index (χ1v) is 11.4. The second-order valence-electron chi connectivity index (χ2n) is 8.59. The quantitative estimate of drug-likeness (QED) is 0.382. The summed E-state index contributed by atoms with van der Waals surface area (Å²) in [5.74, 6) is 0.0529. The molecule has 0 aromatic heterocycles. The zero-order valence-electron chi connectivity index (χ0n) is 18.4. The van der Waals surface area contributed by atoms with Crippen LogP contribution in [0.1, 0.15) is 35.6 Å². The van der Waals surface area contributed by atoms with Crippen molar-refractivity contribution in [3.05, 3.63) is 114 Å². The molecule has 33 heavy (non-hydrogen) atoms. The number of carboxylic acids is 1. The van der Waals surface area contributed by atoms with Gasteiger partial charge in [0, 0.05) is 6.54 Å². The topological polar surface area (TPSA) is 49.8 Å². The summed E-state index contributed by atoms with van der Waals surface area (Å²) in [6.45, 7) is 1.28. The summed E-state index contributed by atoms with van der Waals surface area (Å²) in [6, 6.07) is 32.3. The minimum atomic E-state index is -0.749. The van der Waals surface area contributed by atoms with Crippen molar-refractivity contribution in [2.75, 3.05) is 6.54 Å². The smallest absolute Gasteiger partial charge is 0.320 e. The highest BCUT2D eigenvalue weighted by molar-refractivity contribution is 5.83. The van der Waals surface area contributed by atoms with E-state index in [1.165, 1.54) is 5.39 Å². The molecule has 1 N–H and O–H groups in total. The number of hydrogen-bond acceptors (Lipinski definition) is 3. The number of carbonyl (C=O) groups is 1. The Kier molecular flexibility index (Phi) is 6.09. The van der Waals surface area contributed by atoms with Crippen LogP contribution < -0.4 is 4.74 Å². The molecular weight excluding hydrogens is 410 g/mol. The molecule has 166 valence electrons. The van der Waals surface area contributed by atoms with E-state index in [1.54, 1.807) is 0 Å². The average molecular weight is 438 g/mol. The van der Waals surface area contributed by atoms with Crippen LogP contribution in [0.5, 0.6) is 5.75 Å². The third-order valence-electron chi connectivity index (χ3n) is 6.44. The molecule has 1 saturated heterocycles. The van der Waals surface area contributed by atoms with Gasteiger partial charge in [-0.05, 0) is 58.5 Å². The molecule has 4 nitrogen and oxygen atoms in total. The van der Waals surface area contributed by atoms with Crippen LogP contribution in [0.4, 0.5) is 0 Å². The molecule has 5 rings (SSSR count). The summed E-state index contributed by atoms with van der Waals surface area (Å²) in [5.41, 5.74) is 3.31. The zero-order chi connectivity index (χ0) is 22.6. The van der Waals surface area contributed by atoms with Crippen LogP contribution in [0.15, 0.2) is 97.1 Å². The highest BCUT2D eigenvalue weighted by Crippen LogP contribution is 2.36. The molecule has 0 spiro atoms. The number of benzene rings is 4. The van der Waals surface area contributed by atoms with Crippen LogP contribution in [0, 0.1) is 0 Å². The van der Waals surface area contributed by atoms with Crippen molar-refractivity contribution in [3.8, 4) is 5.75 Å². The fourth-order valence-corrected chi connectivity index (χ4v) is 4.80. The predicted molar refractivity (Wildman–Crippen MR) is 130 cm³/mol. The standard InChI is InChI=1S/C29H27NO3/c31-29(32)27-11-6-18-30(27)28(25-13-12-22-9-4-5-10-24(22)19-25)23-14-16-26(17-15-23)33-20-21-7-2-1-3-8-21/h1-5,7-10,12-17,19,27-28H,6,11,18,20H2,(H,31,32). The van der Waals surface area contributed by atoms with Gasteiger partial charge in [0.05, 0.1) is 6.04 Å². The van der Waals surface area contributed by atoms with Crippen LogP contribution in [-0.2, 0) is 11.4 Å². The van der Waals surface area contributed by atoms with Gasteiger partial charge >= 0.3 is 5.97 Å². The van der Waals surface area contributed by atoms with E-state index in [2.05, 4.69) is 47.4 Å². The van der Waals surface area contributed by atoms with Gasteiger partial charge < -0.3 is 9.84 Å². The maximum atomic E-state index is 12.0. The Morgan fingerprint density at radius 3 is 2.33 bits per heavy atom. The lowest BCUT2D eigenvalue weighted by Crippen LogP contribution is -2.39. The van der Waals surface area contributed by atoms with Crippen molar-refractivity contribution in [1.82, 2.24) is 4.90 Å². The number of rotatable bonds is 7. The predicted octanol–water partition coefficient (Wildman–Crippen LogP) is 6.06. The van der Waals surface area contributed by atoms with Crippen molar-refractivity contribution >= 4 is 16.7 Å². The maximum Gasteiger partial charge on any atom is 0.320 e. The summed E-state index contributed by atoms with van der Waals surface area (Å²) in [4.78, 5) is 14.1. The number of nitrogens with zero attached hydrogens (tertiary/aromatic N) is 1. The Balaban J connectivity index is 1.46. The Hall–Kier alpha value is -3.63. The molecule has 0 radical (unpaired) electrons.